The van der Waals surface area contributed by atoms with Crippen LogP contribution in [0.3, 0.4) is 0 Å². The summed E-state index contributed by atoms with van der Waals surface area (Å²) in [5.41, 5.74) is 2.98. The van der Waals surface area contributed by atoms with E-state index in [0.717, 1.165) is 15.6 Å². The number of hydrogen-bond acceptors (Lipinski definition) is 3. The van der Waals surface area contributed by atoms with Crippen LogP contribution in [0.15, 0.2) is 65.3 Å². The summed E-state index contributed by atoms with van der Waals surface area (Å²) in [6.07, 6.45) is 2.04. The zero-order valence-electron chi connectivity index (χ0n) is 14.0. The Morgan fingerprint density at radius 3 is 2.73 bits per heavy atom. The molecule has 3 aromatic rings. The molecule has 0 radical (unpaired) electrons. The van der Waals surface area contributed by atoms with Gasteiger partial charge in [-0.15, -0.1) is 0 Å². The molecule has 0 aliphatic rings. The summed E-state index contributed by atoms with van der Waals surface area (Å²) in [7, 11) is 0. The SMILES string of the molecule is N#CCCn1cc(C(=O)NCc2ccccc2)c(-c2cccc(Br)c2)n1. The quantitative estimate of drug-likeness (QED) is 0.665. The fourth-order valence-electron chi connectivity index (χ4n) is 2.59. The third kappa shape index (κ3) is 4.38. The maximum absolute atomic E-state index is 12.7. The maximum Gasteiger partial charge on any atom is 0.255 e. The van der Waals surface area contributed by atoms with Crippen molar-refractivity contribution in [1.82, 2.24) is 15.1 Å². The van der Waals surface area contributed by atoms with Gasteiger partial charge in [0.2, 0.25) is 0 Å². The second-order valence-electron chi connectivity index (χ2n) is 5.74. The van der Waals surface area contributed by atoms with E-state index in [9.17, 15) is 4.79 Å². The number of aromatic nitrogens is 2. The highest BCUT2D eigenvalue weighted by molar-refractivity contribution is 9.10. The largest absolute Gasteiger partial charge is 0.348 e. The molecule has 0 unspecified atom stereocenters. The van der Waals surface area contributed by atoms with Gasteiger partial charge in [0.1, 0.15) is 5.69 Å². The normalized spacial score (nSPS) is 10.3. The lowest BCUT2D eigenvalue weighted by atomic mass is 10.1. The summed E-state index contributed by atoms with van der Waals surface area (Å²) >= 11 is 3.45. The Morgan fingerprint density at radius 1 is 1.19 bits per heavy atom. The second-order valence-corrected chi connectivity index (χ2v) is 6.66. The number of carbonyl (C=O) groups excluding carboxylic acids is 1. The molecular formula is C20H17BrN4O. The van der Waals surface area contributed by atoms with Gasteiger partial charge >= 0.3 is 0 Å². The van der Waals surface area contributed by atoms with Crippen molar-refractivity contribution in [2.45, 2.75) is 19.5 Å². The first-order valence-electron chi connectivity index (χ1n) is 8.20. The molecule has 0 saturated carbocycles. The molecule has 0 aliphatic carbocycles. The molecule has 26 heavy (non-hydrogen) atoms. The van der Waals surface area contributed by atoms with E-state index < -0.39 is 0 Å². The van der Waals surface area contributed by atoms with Crippen molar-refractivity contribution in [2.24, 2.45) is 0 Å². The summed E-state index contributed by atoms with van der Waals surface area (Å²) in [5, 5.41) is 16.3. The first-order valence-corrected chi connectivity index (χ1v) is 8.99. The third-order valence-electron chi connectivity index (χ3n) is 3.85. The molecule has 6 heteroatoms. The molecule has 2 aromatic carbocycles. The van der Waals surface area contributed by atoms with Crippen LogP contribution >= 0.6 is 15.9 Å². The van der Waals surface area contributed by atoms with Crippen molar-refractivity contribution < 1.29 is 4.79 Å². The Labute approximate surface area is 160 Å². The number of nitrogens with one attached hydrogen (secondary N) is 1. The smallest absolute Gasteiger partial charge is 0.255 e. The van der Waals surface area contributed by atoms with E-state index in [-0.39, 0.29) is 5.91 Å². The predicted molar refractivity (Wildman–Crippen MR) is 103 cm³/mol. The van der Waals surface area contributed by atoms with Gasteiger partial charge in [0.25, 0.3) is 5.91 Å². The molecule has 3 rings (SSSR count). The summed E-state index contributed by atoms with van der Waals surface area (Å²) in [6.45, 7) is 0.893. The first-order chi connectivity index (χ1) is 12.7. The van der Waals surface area contributed by atoms with Crippen LogP contribution < -0.4 is 5.32 Å². The van der Waals surface area contributed by atoms with Gasteiger partial charge in [0.05, 0.1) is 24.6 Å². The van der Waals surface area contributed by atoms with E-state index in [0.29, 0.717) is 30.8 Å². The second kappa shape index (κ2) is 8.45. The van der Waals surface area contributed by atoms with E-state index in [1.165, 1.54) is 0 Å². The number of rotatable bonds is 6. The van der Waals surface area contributed by atoms with Gasteiger partial charge in [-0.3, -0.25) is 9.48 Å². The third-order valence-corrected chi connectivity index (χ3v) is 4.35. The number of benzene rings is 2. The van der Waals surface area contributed by atoms with Gasteiger partial charge in [0.15, 0.2) is 0 Å². The zero-order chi connectivity index (χ0) is 18.4. The highest BCUT2D eigenvalue weighted by Gasteiger charge is 2.18. The predicted octanol–water partition coefficient (Wildman–Crippen LogP) is 4.16. The molecular weight excluding hydrogens is 392 g/mol. The van der Waals surface area contributed by atoms with E-state index in [4.69, 9.17) is 5.26 Å². The van der Waals surface area contributed by atoms with Gasteiger partial charge in [-0.25, -0.2) is 0 Å². The fraction of sp³-hybridized carbons (Fsp3) is 0.150. The number of amides is 1. The summed E-state index contributed by atoms with van der Waals surface area (Å²) < 4.78 is 2.56. The lowest BCUT2D eigenvalue weighted by Gasteiger charge is -2.06. The number of aryl methyl sites for hydroxylation is 1. The van der Waals surface area contributed by atoms with Gasteiger partial charge in [0, 0.05) is 22.8 Å². The monoisotopic (exact) mass is 408 g/mol. The number of hydrogen-bond donors (Lipinski definition) is 1. The Hall–Kier alpha value is -2.91. The standard InChI is InChI=1S/C20H17BrN4O/c21-17-9-4-8-16(12-17)19-18(14-25(24-19)11-5-10-22)20(26)23-13-15-6-2-1-3-7-15/h1-4,6-9,12,14H,5,11,13H2,(H,23,26). The van der Waals surface area contributed by atoms with Crippen molar-refractivity contribution in [1.29, 1.82) is 5.26 Å². The van der Waals surface area contributed by atoms with Crippen molar-refractivity contribution in [2.75, 3.05) is 0 Å². The van der Waals surface area contributed by atoms with Crippen LogP contribution in [-0.2, 0) is 13.1 Å². The minimum atomic E-state index is -0.188. The molecule has 0 atom stereocenters. The van der Waals surface area contributed by atoms with Crippen LogP contribution in [0.2, 0.25) is 0 Å². The Morgan fingerprint density at radius 2 is 2.00 bits per heavy atom. The average molecular weight is 409 g/mol. The molecule has 130 valence electrons. The van der Waals surface area contributed by atoms with Crippen LogP contribution in [0.5, 0.6) is 0 Å². The molecule has 1 heterocycles. The van der Waals surface area contributed by atoms with Gasteiger partial charge in [-0.05, 0) is 17.7 Å². The van der Waals surface area contributed by atoms with E-state index in [2.05, 4.69) is 32.4 Å². The minimum absolute atomic E-state index is 0.188. The van der Waals surface area contributed by atoms with Crippen LogP contribution in [0.25, 0.3) is 11.3 Å². The summed E-state index contributed by atoms with van der Waals surface area (Å²) in [4.78, 5) is 12.7. The highest BCUT2D eigenvalue weighted by Crippen LogP contribution is 2.25. The zero-order valence-corrected chi connectivity index (χ0v) is 15.6. The fourth-order valence-corrected chi connectivity index (χ4v) is 2.99. The number of nitrogens with zero attached hydrogens (tertiary/aromatic N) is 3. The minimum Gasteiger partial charge on any atom is -0.348 e. The lowest BCUT2D eigenvalue weighted by Crippen LogP contribution is -2.23. The van der Waals surface area contributed by atoms with Gasteiger partial charge < -0.3 is 5.32 Å². The Kier molecular flexibility index (Phi) is 5.82. The van der Waals surface area contributed by atoms with Crippen LogP contribution in [0.1, 0.15) is 22.3 Å². The van der Waals surface area contributed by atoms with Crippen LogP contribution in [0.4, 0.5) is 0 Å². The van der Waals surface area contributed by atoms with Gasteiger partial charge in [-0.2, -0.15) is 10.4 Å². The van der Waals surface area contributed by atoms with E-state index in [1.54, 1.807) is 10.9 Å². The molecule has 5 nitrogen and oxygen atoms in total. The van der Waals surface area contributed by atoms with Gasteiger partial charge in [-0.1, -0.05) is 58.4 Å². The van der Waals surface area contributed by atoms with E-state index in [1.807, 2.05) is 54.6 Å². The molecule has 1 aromatic heterocycles. The Balaban J connectivity index is 1.87. The molecule has 0 spiro atoms. The Bertz CT molecular complexity index is 944. The summed E-state index contributed by atoms with van der Waals surface area (Å²) in [6, 6.07) is 19.5. The topological polar surface area (TPSA) is 70.7 Å². The number of nitriles is 1. The lowest BCUT2D eigenvalue weighted by molar-refractivity contribution is 0.0951. The molecule has 1 N–H and O–H groups in total. The van der Waals surface area contributed by atoms with Crippen LogP contribution in [0, 0.1) is 11.3 Å². The molecule has 0 bridgehead atoms. The highest BCUT2D eigenvalue weighted by atomic mass is 79.9. The van der Waals surface area contributed by atoms with E-state index >= 15 is 0 Å². The maximum atomic E-state index is 12.7. The van der Waals surface area contributed by atoms with Crippen molar-refractivity contribution in [3.63, 3.8) is 0 Å². The first kappa shape index (κ1) is 17.9. The molecule has 0 fully saturated rings. The average Bonchev–Trinajstić information content (AvgIpc) is 3.10. The van der Waals surface area contributed by atoms with Crippen molar-refractivity contribution >= 4 is 21.8 Å². The van der Waals surface area contributed by atoms with Crippen molar-refractivity contribution in [3.05, 3.63) is 76.4 Å². The number of carbonyl (C=O) groups is 1. The van der Waals surface area contributed by atoms with Crippen LogP contribution in [-0.4, -0.2) is 15.7 Å². The number of halogens is 1. The molecule has 0 saturated heterocycles. The molecule has 1 amide bonds. The summed E-state index contributed by atoms with van der Waals surface area (Å²) in [5.74, 6) is -0.188. The molecule has 0 aliphatic heterocycles. The van der Waals surface area contributed by atoms with Crippen molar-refractivity contribution in [3.8, 4) is 17.3 Å².